The molecule has 0 aliphatic carbocycles. The van der Waals surface area contributed by atoms with Gasteiger partial charge in [0.1, 0.15) is 18.9 Å². The van der Waals surface area contributed by atoms with E-state index in [4.69, 9.17) is 15.2 Å². The normalized spacial score (nSPS) is 10.4. The second kappa shape index (κ2) is 6.72. The number of carbonyl (C=O) groups excluding carboxylic acids is 1. The zero-order chi connectivity index (χ0) is 14.4. The molecule has 2 N–H and O–H groups in total. The first-order valence-electron chi connectivity index (χ1n) is 6.22. The van der Waals surface area contributed by atoms with Crippen molar-refractivity contribution in [2.45, 2.75) is 6.54 Å². The number of primary amides is 1. The van der Waals surface area contributed by atoms with Crippen LogP contribution in [-0.2, 0) is 16.1 Å². The molecule has 0 unspecified atom stereocenters. The Kier molecular flexibility index (Phi) is 4.73. The minimum absolute atomic E-state index is 0.0816. The minimum Gasteiger partial charge on any atom is -0.491 e. The summed E-state index contributed by atoms with van der Waals surface area (Å²) in [6.45, 7) is 1.16. The van der Waals surface area contributed by atoms with Gasteiger partial charge in [-0.3, -0.25) is 9.48 Å². The molecule has 0 atom stereocenters. The monoisotopic (exact) mass is 275 g/mol. The van der Waals surface area contributed by atoms with Crippen LogP contribution in [0.15, 0.2) is 36.7 Å². The van der Waals surface area contributed by atoms with Gasteiger partial charge < -0.3 is 15.2 Å². The van der Waals surface area contributed by atoms with Gasteiger partial charge in [-0.25, -0.2) is 0 Å². The first-order chi connectivity index (χ1) is 9.69. The third-order valence-electron chi connectivity index (χ3n) is 2.69. The lowest BCUT2D eigenvalue weighted by atomic mass is 10.1. The highest BCUT2D eigenvalue weighted by molar-refractivity contribution is 5.73. The maximum absolute atomic E-state index is 10.8. The number of nitrogens with two attached hydrogens (primary N) is 1. The highest BCUT2D eigenvalue weighted by Gasteiger charge is 2.04. The van der Waals surface area contributed by atoms with Crippen LogP contribution in [0.3, 0.4) is 0 Å². The van der Waals surface area contributed by atoms with Crippen LogP contribution < -0.4 is 10.5 Å². The zero-order valence-corrected chi connectivity index (χ0v) is 11.3. The molecule has 6 nitrogen and oxygen atoms in total. The van der Waals surface area contributed by atoms with Crippen LogP contribution in [0, 0.1) is 0 Å². The van der Waals surface area contributed by atoms with Crippen molar-refractivity contribution in [3.63, 3.8) is 0 Å². The van der Waals surface area contributed by atoms with Crippen molar-refractivity contribution in [1.29, 1.82) is 0 Å². The summed E-state index contributed by atoms with van der Waals surface area (Å²) in [5.41, 5.74) is 7.05. The van der Waals surface area contributed by atoms with Gasteiger partial charge in [0.15, 0.2) is 0 Å². The van der Waals surface area contributed by atoms with Crippen molar-refractivity contribution in [1.82, 2.24) is 9.78 Å². The van der Waals surface area contributed by atoms with Crippen molar-refractivity contribution in [3.8, 4) is 16.9 Å². The highest BCUT2D eigenvalue weighted by atomic mass is 16.5. The van der Waals surface area contributed by atoms with E-state index in [1.165, 1.54) is 4.68 Å². The zero-order valence-electron chi connectivity index (χ0n) is 11.3. The van der Waals surface area contributed by atoms with E-state index < -0.39 is 5.91 Å². The Hall–Kier alpha value is -2.34. The van der Waals surface area contributed by atoms with Crippen molar-refractivity contribution >= 4 is 5.91 Å². The van der Waals surface area contributed by atoms with Gasteiger partial charge in [-0.1, -0.05) is 12.1 Å². The van der Waals surface area contributed by atoms with Gasteiger partial charge in [0.05, 0.1) is 12.8 Å². The van der Waals surface area contributed by atoms with Crippen molar-refractivity contribution < 1.29 is 14.3 Å². The maximum Gasteiger partial charge on any atom is 0.239 e. The van der Waals surface area contributed by atoms with E-state index in [0.29, 0.717) is 13.2 Å². The predicted molar refractivity (Wildman–Crippen MR) is 74.2 cm³/mol. The number of amides is 1. The molecule has 0 saturated heterocycles. The number of hydrogen-bond acceptors (Lipinski definition) is 4. The van der Waals surface area contributed by atoms with Crippen LogP contribution in [0.1, 0.15) is 0 Å². The van der Waals surface area contributed by atoms with Gasteiger partial charge in [-0.2, -0.15) is 5.10 Å². The molecule has 1 amide bonds. The molecule has 1 aromatic heterocycles. The lowest BCUT2D eigenvalue weighted by molar-refractivity contribution is -0.118. The first-order valence-corrected chi connectivity index (χ1v) is 6.22. The second-order valence-electron chi connectivity index (χ2n) is 4.26. The van der Waals surface area contributed by atoms with Crippen LogP contribution in [-0.4, -0.2) is 36.0 Å². The summed E-state index contributed by atoms with van der Waals surface area (Å²) < 4.78 is 11.9. The molecule has 0 spiro atoms. The topological polar surface area (TPSA) is 79.4 Å². The lowest BCUT2D eigenvalue weighted by Gasteiger charge is -2.05. The molecule has 0 aliphatic rings. The Morgan fingerprint density at radius 1 is 1.25 bits per heavy atom. The summed E-state index contributed by atoms with van der Waals surface area (Å²) in [6.07, 6.45) is 3.48. The summed E-state index contributed by atoms with van der Waals surface area (Å²) in [7, 11) is 1.64. The van der Waals surface area contributed by atoms with Gasteiger partial charge in [-0.05, 0) is 17.7 Å². The van der Waals surface area contributed by atoms with E-state index in [-0.39, 0.29) is 6.54 Å². The third-order valence-corrected chi connectivity index (χ3v) is 2.69. The lowest BCUT2D eigenvalue weighted by Crippen LogP contribution is -2.18. The molecular formula is C14H17N3O3. The molecule has 0 saturated carbocycles. The Morgan fingerprint density at radius 3 is 2.65 bits per heavy atom. The fourth-order valence-electron chi connectivity index (χ4n) is 1.75. The molecule has 1 heterocycles. The third kappa shape index (κ3) is 3.83. The van der Waals surface area contributed by atoms with Crippen LogP contribution in [0.4, 0.5) is 0 Å². The number of aromatic nitrogens is 2. The number of methoxy groups -OCH3 is 1. The number of ether oxygens (including phenoxy) is 2. The molecule has 2 aromatic rings. The molecule has 1 aromatic carbocycles. The van der Waals surface area contributed by atoms with Gasteiger partial charge in [0.25, 0.3) is 0 Å². The Morgan fingerprint density at radius 2 is 2.00 bits per heavy atom. The molecule has 0 fully saturated rings. The maximum atomic E-state index is 10.8. The van der Waals surface area contributed by atoms with E-state index in [2.05, 4.69) is 5.10 Å². The fraction of sp³-hybridized carbons (Fsp3) is 0.286. The van der Waals surface area contributed by atoms with E-state index in [1.54, 1.807) is 19.5 Å². The van der Waals surface area contributed by atoms with E-state index in [9.17, 15) is 4.79 Å². The Bertz CT molecular complexity index is 563. The van der Waals surface area contributed by atoms with Crippen molar-refractivity contribution in [3.05, 3.63) is 36.7 Å². The highest BCUT2D eigenvalue weighted by Crippen LogP contribution is 2.21. The average molecular weight is 275 g/mol. The van der Waals surface area contributed by atoms with Crippen molar-refractivity contribution in [2.75, 3.05) is 20.3 Å². The summed E-state index contributed by atoms with van der Waals surface area (Å²) in [5.74, 6) is 0.372. The van der Waals surface area contributed by atoms with Crippen molar-refractivity contribution in [2.24, 2.45) is 5.73 Å². The SMILES string of the molecule is COCCOc1ccc(-c2cnn(CC(N)=O)c2)cc1. The van der Waals surface area contributed by atoms with Gasteiger partial charge in [0.2, 0.25) is 5.91 Å². The molecule has 106 valence electrons. The molecule has 6 heteroatoms. The van der Waals surface area contributed by atoms with Crippen LogP contribution in [0.2, 0.25) is 0 Å². The average Bonchev–Trinajstić information content (AvgIpc) is 2.87. The van der Waals surface area contributed by atoms with Gasteiger partial charge in [-0.15, -0.1) is 0 Å². The van der Waals surface area contributed by atoms with E-state index in [0.717, 1.165) is 16.9 Å². The quantitative estimate of drug-likeness (QED) is 0.766. The Labute approximate surface area is 117 Å². The minimum atomic E-state index is -0.415. The number of hydrogen-bond donors (Lipinski definition) is 1. The fourth-order valence-corrected chi connectivity index (χ4v) is 1.75. The number of benzene rings is 1. The van der Waals surface area contributed by atoms with Crippen LogP contribution in [0.5, 0.6) is 5.75 Å². The summed E-state index contributed by atoms with van der Waals surface area (Å²) >= 11 is 0. The second-order valence-corrected chi connectivity index (χ2v) is 4.26. The van der Waals surface area contributed by atoms with Crippen LogP contribution in [0.25, 0.3) is 11.1 Å². The number of nitrogens with zero attached hydrogens (tertiary/aromatic N) is 2. The molecule has 0 aliphatic heterocycles. The largest absolute Gasteiger partial charge is 0.491 e. The summed E-state index contributed by atoms with van der Waals surface area (Å²) in [6, 6.07) is 7.65. The van der Waals surface area contributed by atoms with Gasteiger partial charge >= 0.3 is 0 Å². The number of carbonyl (C=O) groups is 1. The van der Waals surface area contributed by atoms with Crippen LogP contribution >= 0.6 is 0 Å². The standard InChI is InChI=1S/C14H17N3O3/c1-19-6-7-20-13-4-2-11(3-5-13)12-8-16-17(9-12)10-14(15)18/h2-5,8-9H,6-7,10H2,1H3,(H2,15,18). The summed E-state index contributed by atoms with van der Waals surface area (Å²) in [4.78, 5) is 10.8. The number of rotatable bonds is 7. The van der Waals surface area contributed by atoms with E-state index in [1.807, 2.05) is 24.3 Å². The smallest absolute Gasteiger partial charge is 0.239 e. The summed E-state index contributed by atoms with van der Waals surface area (Å²) in [5, 5.41) is 4.08. The first kappa shape index (κ1) is 14.1. The van der Waals surface area contributed by atoms with Gasteiger partial charge in [0, 0.05) is 18.9 Å². The molecule has 20 heavy (non-hydrogen) atoms. The Balaban J connectivity index is 2.02. The molecule has 2 rings (SSSR count). The molecule has 0 bridgehead atoms. The predicted octanol–water partition coefficient (Wildman–Crippen LogP) is 1.06. The van der Waals surface area contributed by atoms with E-state index >= 15 is 0 Å². The molecule has 0 radical (unpaired) electrons. The molecular weight excluding hydrogens is 258 g/mol.